The number of rotatable bonds is 5. The maximum atomic E-state index is 12.2. The van der Waals surface area contributed by atoms with Crippen LogP contribution in [0.25, 0.3) is 11.0 Å². The van der Waals surface area contributed by atoms with Crippen molar-refractivity contribution in [2.75, 3.05) is 13.4 Å². The first-order valence-corrected chi connectivity index (χ1v) is 8.31. The summed E-state index contributed by atoms with van der Waals surface area (Å²) in [5, 5.41) is 11.2. The van der Waals surface area contributed by atoms with Gasteiger partial charge in [-0.25, -0.2) is 0 Å². The molecule has 1 aliphatic rings. The number of fused-ring (bicyclic) bond motifs is 2. The number of carbonyl (C=O) groups is 1. The molecule has 0 unspecified atom stereocenters. The lowest BCUT2D eigenvalue weighted by Gasteiger charge is -2.15. The zero-order chi connectivity index (χ0) is 18.1. The van der Waals surface area contributed by atoms with Crippen LogP contribution in [0, 0.1) is 0 Å². The third-order valence-electron chi connectivity index (χ3n) is 3.97. The molecule has 1 atom stereocenters. The number of benzene rings is 2. The minimum atomic E-state index is -0.291. The molecule has 1 aliphatic heterocycles. The molecule has 0 fully saturated rings. The van der Waals surface area contributed by atoms with Gasteiger partial charge in [0.05, 0.1) is 6.04 Å². The Bertz CT molecular complexity index is 975. The summed E-state index contributed by atoms with van der Waals surface area (Å²) in [6.07, 6.45) is 0. The second-order valence-electron chi connectivity index (χ2n) is 5.77. The van der Waals surface area contributed by atoms with Gasteiger partial charge >= 0.3 is 0 Å². The minimum Gasteiger partial charge on any atom is -0.454 e. The lowest BCUT2D eigenvalue weighted by Crippen LogP contribution is -2.33. The van der Waals surface area contributed by atoms with Crippen molar-refractivity contribution < 1.29 is 19.1 Å². The molecule has 1 amide bonds. The van der Waals surface area contributed by atoms with Crippen LogP contribution in [0.5, 0.6) is 11.5 Å². The van der Waals surface area contributed by atoms with E-state index in [1.807, 2.05) is 25.1 Å². The second kappa shape index (κ2) is 6.72. The van der Waals surface area contributed by atoms with Crippen LogP contribution in [0.4, 0.5) is 0 Å². The van der Waals surface area contributed by atoms with E-state index < -0.39 is 0 Å². The molecule has 26 heavy (non-hydrogen) atoms. The first kappa shape index (κ1) is 16.5. The molecular formula is C17H15ClN4O4. The topological polar surface area (TPSA) is 87.5 Å². The number of hydrogen-bond acceptors (Lipinski definition) is 6. The molecule has 0 saturated heterocycles. The van der Waals surface area contributed by atoms with Crippen molar-refractivity contribution in [3.8, 4) is 11.5 Å². The van der Waals surface area contributed by atoms with Gasteiger partial charge in [0.2, 0.25) is 6.79 Å². The highest BCUT2D eigenvalue weighted by atomic mass is 35.5. The number of amides is 1. The van der Waals surface area contributed by atoms with E-state index in [1.165, 1.54) is 4.85 Å². The summed E-state index contributed by atoms with van der Waals surface area (Å²) in [6.45, 7) is 1.88. The van der Waals surface area contributed by atoms with Crippen molar-refractivity contribution in [2.24, 2.45) is 0 Å². The number of aromatic nitrogens is 3. The molecule has 2 aromatic carbocycles. The fourth-order valence-electron chi connectivity index (χ4n) is 2.64. The SMILES string of the molecule is C[C@@H](NC(=O)COn1nnc2ccc(Cl)cc21)c1ccc2c(c1)OCO2. The molecular weight excluding hydrogens is 360 g/mol. The number of ether oxygens (including phenoxy) is 2. The van der Waals surface area contributed by atoms with E-state index in [4.69, 9.17) is 25.9 Å². The Morgan fingerprint density at radius 1 is 1.31 bits per heavy atom. The first-order chi connectivity index (χ1) is 12.6. The fraction of sp³-hybridized carbons (Fsp3) is 0.235. The Morgan fingerprint density at radius 3 is 3.04 bits per heavy atom. The predicted octanol–water partition coefficient (Wildman–Crippen LogP) is 2.12. The van der Waals surface area contributed by atoms with Gasteiger partial charge in [-0.15, -0.1) is 5.10 Å². The standard InChI is InChI=1S/C17H15ClN4O4/c1-10(11-2-5-15-16(6-11)25-9-24-15)19-17(23)8-26-22-14-7-12(18)3-4-13(14)20-21-22/h2-7,10H,8-9H2,1H3,(H,19,23)/t10-/m1/s1. The molecule has 3 aromatic rings. The van der Waals surface area contributed by atoms with Crippen LogP contribution in [0.3, 0.4) is 0 Å². The third kappa shape index (κ3) is 3.23. The molecule has 0 spiro atoms. The molecule has 134 valence electrons. The van der Waals surface area contributed by atoms with Crippen LogP contribution in [-0.4, -0.2) is 34.5 Å². The zero-order valence-corrected chi connectivity index (χ0v) is 14.6. The van der Waals surface area contributed by atoms with Gasteiger partial charge in [-0.3, -0.25) is 4.79 Å². The van der Waals surface area contributed by atoms with E-state index in [0.717, 1.165) is 5.56 Å². The van der Waals surface area contributed by atoms with Crippen molar-refractivity contribution >= 4 is 28.5 Å². The highest BCUT2D eigenvalue weighted by Gasteiger charge is 2.17. The van der Waals surface area contributed by atoms with Crippen molar-refractivity contribution in [2.45, 2.75) is 13.0 Å². The molecule has 0 saturated carbocycles. The molecule has 1 aromatic heterocycles. The number of nitrogens with zero attached hydrogens (tertiary/aromatic N) is 3. The number of halogens is 1. The van der Waals surface area contributed by atoms with Crippen LogP contribution < -0.4 is 19.6 Å². The lowest BCUT2D eigenvalue weighted by molar-refractivity contribution is -0.127. The Kier molecular flexibility index (Phi) is 4.26. The predicted molar refractivity (Wildman–Crippen MR) is 93.1 cm³/mol. The van der Waals surface area contributed by atoms with Gasteiger partial charge < -0.3 is 19.6 Å². The average Bonchev–Trinajstić information content (AvgIpc) is 3.25. The van der Waals surface area contributed by atoms with Crippen LogP contribution >= 0.6 is 11.6 Å². The Morgan fingerprint density at radius 2 is 2.15 bits per heavy atom. The summed E-state index contributed by atoms with van der Waals surface area (Å²) < 4.78 is 10.6. The molecule has 1 N–H and O–H groups in total. The molecule has 0 bridgehead atoms. The van der Waals surface area contributed by atoms with Crippen LogP contribution in [0.1, 0.15) is 18.5 Å². The van der Waals surface area contributed by atoms with E-state index in [0.29, 0.717) is 27.6 Å². The van der Waals surface area contributed by atoms with Gasteiger partial charge in [-0.2, -0.15) is 0 Å². The second-order valence-corrected chi connectivity index (χ2v) is 6.21. The molecule has 0 radical (unpaired) electrons. The Balaban J connectivity index is 1.38. The fourth-order valence-corrected chi connectivity index (χ4v) is 2.80. The summed E-state index contributed by atoms with van der Waals surface area (Å²) in [7, 11) is 0. The van der Waals surface area contributed by atoms with E-state index in [2.05, 4.69) is 15.6 Å². The summed E-state index contributed by atoms with van der Waals surface area (Å²) in [5.41, 5.74) is 2.12. The quantitative estimate of drug-likeness (QED) is 0.736. The summed E-state index contributed by atoms with van der Waals surface area (Å²) >= 11 is 5.96. The third-order valence-corrected chi connectivity index (χ3v) is 4.20. The Hall–Kier alpha value is -3.00. The number of carbonyl (C=O) groups excluding carboxylic acids is 1. The maximum absolute atomic E-state index is 12.2. The summed E-state index contributed by atoms with van der Waals surface area (Å²) in [5.74, 6) is 1.08. The monoisotopic (exact) mass is 374 g/mol. The molecule has 9 heteroatoms. The average molecular weight is 375 g/mol. The van der Waals surface area contributed by atoms with E-state index >= 15 is 0 Å². The first-order valence-electron chi connectivity index (χ1n) is 7.93. The minimum absolute atomic E-state index is 0.208. The lowest BCUT2D eigenvalue weighted by atomic mass is 10.1. The van der Waals surface area contributed by atoms with Gasteiger partial charge in [0, 0.05) is 5.02 Å². The zero-order valence-electron chi connectivity index (χ0n) is 13.8. The molecule has 0 aliphatic carbocycles. The van der Waals surface area contributed by atoms with Crippen LogP contribution in [-0.2, 0) is 4.79 Å². The van der Waals surface area contributed by atoms with E-state index in [9.17, 15) is 4.79 Å². The highest BCUT2D eigenvalue weighted by Crippen LogP contribution is 2.34. The summed E-state index contributed by atoms with van der Waals surface area (Å²) in [6, 6.07) is 10.4. The largest absolute Gasteiger partial charge is 0.454 e. The number of hydrogen-bond donors (Lipinski definition) is 1. The van der Waals surface area contributed by atoms with Crippen LogP contribution in [0.2, 0.25) is 5.02 Å². The van der Waals surface area contributed by atoms with Gasteiger partial charge in [-0.05, 0) is 48.0 Å². The van der Waals surface area contributed by atoms with Crippen molar-refractivity contribution in [1.82, 2.24) is 20.5 Å². The maximum Gasteiger partial charge on any atom is 0.261 e. The Labute approximate surface area is 153 Å². The highest BCUT2D eigenvalue weighted by molar-refractivity contribution is 6.31. The van der Waals surface area contributed by atoms with Gasteiger partial charge in [0.15, 0.2) is 18.1 Å². The van der Waals surface area contributed by atoms with Crippen molar-refractivity contribution in [1.29, 1.82) is 0 Å². The molecule has 4 rings (SSSR count). The smallest absolute Gasteiger partial charge is 0.261 e. The van der Waals surface area contributed by atoms with Gasteiger partial charge in [0.1, 0.15) is 11.0 Å². The number of nitrogens with one attached hydrogen (secondary N) is 1. The van der Waals surface area contributed by atoms with E-state index in [-0.39, 0.29) is 25.3 Å². The summed E-state index contributed by atoms with van der Waals surface area (Å²) in [4.78, 5) is 18.8. The van der Waals surface area contributed by atoms with Crippen molar-refractivity contribution in [3.63, 3.8) is 0 Å². The van der Waals surface area contributed by atoms with Gasteiger partial charge in [0.25, 0.3) is 5.91 Å². The van der Waals surface area contributed by atoms with Crippen molar-refractivity contribution in [3.05, 3.63) is 47.0 Å². The molecule has 8 nitrogen and oxygen atoms in total. The van der Waals surface area contributed by atoms with Gasteiger partial charge in [-0.1, -0.05) is 22.5 Å². The normalized spacial score (nSPS) is 13.6. The molecule has 2 heterocycles. The van der Waals surface area contributed by atoms with Crippen LogP contribution in [0.15, 0.2) is 36.4 Å². The van der Waals surface area contributed by atoms with E-state index in [1.54, 1.807) is 18.2 Å².